The Balaban J connectivity index is 0.00000144. The third kappa shape index (κ3) is 2.51. The average Bonchev–Trinajstić information content (AvgIpc) is 2.54. The second-order valence-electron chi connectivity index (χ2n) is 4.10. The molecule has 1 aromatic carbocycles. The first-order valence-electron chi connectivity index (χ1n) is 5.45. The predicted molar refractivity (Wildman–Crippen MR) is 72.9 cm³/mol. The molecule has 0 fully saturated rings. The molecule has 0 radical (unpaired) electrons. The van der Waals surface area contributed by atoms with Gasteiger partial charge >= 0.3 is 0 Å². The Morgan fingerprint density at radius 1 is 1.24 bits per heavy atom. The molecule has 0 saturated heterocycles. The number of benzene rings is 1. The minimum absolute atomic E-state index is 0. The van der Waals surface area contributed by atoms with Gasteiger partial charge in [-0.2, -0.15) is 5.10 Å². The van der Waals surface area contributed by atoms with Gasteiger partial charge in [-0.1, -0.05) is 12.1 Å². The van der Waals surface area contributed by atoms with Crippen LogP contribution in [0, 0.1) is 20.8 Å². The molecule has 2 rings (SSSR count). The highest BCUT2D eigenvalue weighted by atomic mass is 35.5. The number of nitrogens with two attached hydrogens (primary N) is 1. The molecular weight excluding hydrogens is 234 g/mol. The van der Waals surface area contributed by atoms with Gasteiger partial charge < -0.3 is 5.73 Å². The van der Waals surface area contributed by atoms with Crippen LogP contribution in [0.2, 0.25) is 0 Å². The molecule has 0 unspecified atom stereocenters. The van der Waals surface area contributed by atoms with Crippen molar-refractivity contribution in [2.75, 3.05) is 0 Å². The maximum atomic E-state index is 5.72. The summed E-state index contributed by atoms with van der Waals surface area (Å²) in [7, 11) is 0. The molecule has 0 spiro atoms. The van der Waals surface area contributed by atoms with Gasteiger partial charge in [0.05, 0.1) is 11.4 Å². The van der Waals surface area contributed by atoms with E-state index in [-0.39, 0.29) is 12.4 Å². The van der Waals surface area contributed by atoms with E-state index in [4.69, 9.17) is 5.73 Å². The lowest BCUT2D eigenvalue weighted by Crippen LogP contribution is -2.02. The largest absolute Gasteiger partial charge is 0.326 e. The summed E-state index contributed by atoms with van der Waals surface area (Å²) in [5, 5.41) is 4.53. The molecule has 1 aromatic heterocycles. The summed E-state index contributed by atoms with van der Waals surface area (Å²) in [6, 6.07) is 8.31. The Morgan fingerprint density at radius 2 is 1.94 bits per heavy atom. The van der Waals surface area contributed by atoms with Crippen LogP contribution < -0.4 is 5.73 Å². The summed E-state index contributed by atoms with van der Waals surface area (Å²) in [5.41, 5.74) is 11.3. The fourth-order valence-corrected chi connectivity index (χ4v) is 1.98. The second kappa shape index (κ2) is 5.34. The lowest BCUT2D eigenvalue weighted by molar-refractivity contribution is 0.831. The van der Waals surface area contributed by atoms with Crippen molar-refractivity contribution < 1.29 is 0 Å². The van der Waals surface area contributed by atoms with Gasteiger partial charge in [0.15, 0.2) is 0 Å². The number of nitrogens with zero attached hydrogens (tertiary/aromatic N) is 2. The first kappa shape index (κ1) is 13.7. The second-order valence-corrected chi connectivity index (χ2v) is 4.10. The molecule has 0 aliphatic heterocycles. The maximum absolute atomic E-state index is 5.72. The van der Waals surface area contributed by atoms with Crippen molar-refractivity contribution in [2.45, 2.75) is 27.3 Å². The molecule has 0 aliphatic rings. The Hall–Kier alpha value is -1.32. The van der Waals surface area contributed by atoms with Crippen LogP contribution in [0.25, 0.3) is 5.69 Å². The molecular formula is C13H18ClN3. The summed E-state index contributed by atoms with van der Waals surface area (Å²) in [6.07, 6.45) is 0. The fraction of sp³-hybridized carbons (Fsp3) is 0.308. The zero-order valence-corrected chi connectivity index (χ0v) is 11.2. The van der Waals surface area contributed by atoms with Gasteiger partial charge in [0.1, 0.15) is 0 Å². The zero-order valence-electron chi connectivity index (χ0n) is 10.4. The van der Waals surface area contributed by atoms with Crippen LogP contribution in [0.3, 0.4) is 0 Å². The highest BCUT2D eigenvalue weighted by Gasteiger charge is 2.10. The van der Waals surface area contributed by atoms with Crippen LogP contribution in [0.1, 0.15) is 22.5 Å². The van der Waals surface area contributed by atoms with Crippen LogP contribution in [0.5, 0.6) is 0 Å². The van der Waals surface area contributed by atoms with Gasteiger partial charge in [0.25, 0.3) is 0 Å². The van der Waals surface area contributed by atoms with E-state index in [9.17, 15) is 0 Å². The number of aryl methyl sites for hydroxylation is 2. The lowest BCUT2D eigenvalue weighted by atomic mass is 10.2. The lowest BCUT2D eigenvalue weighted by Gasteiger charge is -2.05. The number of aromatic nitrogens is 2. The standard InChI is InChI=1S/C13H17N3.ClH/c1-9-5-4-6-12(7-9)16-11(3)13(8-14)10(2)15-16;/h4-7H,8,14H2,1-3H3;1H. The molecule has 2 aromatic rings. The third-order valence-electron chi connectivity index (χ3n) is 2.89. The summed E-state index contributed by atoms with van der Waals surface area (Å²) in [4.78, 5) is 0. The molecule has 2 N–H and O–H groups in total. The number of rotatable bonds is 2. The topological polar surface area (TPSA) is 43.8 Å². The molecule has 0 saturated carbocycles. The van der Waals surface area contributed by atoms with Gasteiger partial charge in [-0.3, -0.25) is 0 Å². The molecule has 3 nitrogen and oxygen atoms in total. The third-order valence-corrected chi connectivity index (χ3v) is 2.89. The Bertz CT molecular complexity index is 517. The van der Waals surface area contributed by atoms with E-state index in [1.807, 2.05) is 17.7 Å². The van der Waals surface area contributed by atoms with E-state index in [2.05, 4.69) is 37.1 Å². The minimum Gasteiger partial charge on any atom is -0.326 e. The molecule has 1 heterocycles. The molecule has 4 heteroatoms. The van der Waals surface area contributed by atoms with E-state index in [1.54, 1.807) is 0 Å². The summed E-state index contributed by atoms with van der Waals surface area (Å²) in [6.45, 7) is 6.69. The van der Waals surface area contributed by atoms with Crippen LogP contribution in [-0.4, -0.2) is 9.78 Å². The van der Waals surface area contributed by atoms with Gasteiger partial charge in [-0.25, -0.2) is 4.68 Å². The molecule has 0 amide bonds. The van der Waals surface area contributed by atoms with E-state index in [0.29, 0.717) is 6.54 Å². The van der Waals surface area contributed by atoms with Crippen molar-refractivity contribution in [1.82, 2.24) is 9.78 Å². The summed E-state index contributed by atoms with van der Waals surface area (Å²) < 4.78 is 1.96. The van der Waals surface area contributed by atoms with Crippen LogP contribution in [0.15, 0.2) is 24.3 Å². The monoisotopic (exact) mass is 251 g/mol. The minimum atomic E-state index is 0. The van der Waals surface area contributed by atoms with Gasteiger partial charge in [0.2, 0.25) is 0 Å². The number of hydrogen-bond donors (Lipinski definition) is 1. The SMILES string of the molecule is Cc1cccc(-n2nc(C)c(CN)c2C)c1.Cl. The quantitative estimate of drug-likeness (QED) is 0.892. The van der Waals surface area contributed by atoms with E-state index in [1.165, 1.54) is 5.56 Å². The van der Waals surface area contributed by atoms with E-state index < -0.39 is 0 Å². The molecule has 0 bridgehead atoms. The predicted octanol–water partition coefficient (Wildman–Crippen LogP) is 2.68. The molecule has 17 heavy (non-hydrogen) atoms. The molecule has 0 aliphatic carbocycles. The Morgan fingerprint density at radius 3 is 2.47 bits per heavy atom. The van der Waals surface area contributed by atoms with Crippen molar-refractivity contribution >= 4 is 12.4 Å². The van der Waals surface area contributed by atoms with Gasteiger partial charge in [-0.05, 0) is 38.5 Å². The van der Waals surface area contributed by atoms with E-state index in [0.717, 1.165) is 22.6 Å². The highest BCUT2D eigenvalue weighted by molar-refractivity contribution is 5.85. The maximum Gasteiger partial charge on any atom is 0.0651 e. The fourth-order valence-electron chi connectivity index (χ4n) is 1.98. The normalized spacial score (nSPS) is 10.1. The van der Waals surface area contributed by atoms with E-state index >= 15 is 0 Å². The van der Waals surface area contributed by atoms with Crippen LogP contribution in [0.4, 0.5) is 0 Å². The van der Waals surface area contributed by atoms with Crippen molar-refractivity contribution in [2.24, 2.45) is 5.73 Å². The average molecular weight is 252 g/mol. The van der Waals surface area contributed by atoms with Crippen LogP contribution >= 0.6 is 12.4 Å². The van der Waals surface area contributed by atoms with Crippen molar-refractivity contribution in [3.05, 3.63) is 46.8 Å². The Kier molecular flexibility index (Phi) is 4.32. The smallest absolute Gasteiger partial charge is 0.0651 e. The zero-order chi connectivity index (χ0) is 11.7. The number of halogens is 1. The first-order chi connectivity index (χ1) is 7.63. The summed E-state index contributed by atoms with van der Waals surface area (Å²) in [5.74, 6) is 0. The highest BCUT2D eigenvalue weighted by Crippen LogP contribution is 2.17. The molecule has 92 valence electrons. The van der Waals surface area contributed by atoms with Crippen molar-refractivity contribution in [3.63, 3.8) is 0 Å². The Labute approximate surface area is 108 Å². The number of hydrogen-bond acceptors (Lipinski definition) is 2. The van der Waals surface area contributed by atoms with Gasteiger partial charge in [0, 0.05) is 17.8 Å². The summed E-state index contributed by atoms with van der Waals surface area (Å²) >= 11 is 0. The molecule has 0 atom stereocenters. The van der Waals surface area contributed by atoms with Crippen molar-refractivity contribution in [1.29, 1.82) is 0 Å². The first-order valence-corrected chi connectivity index (χ1v) is 5.45. The van der Waals surface area contributed by atoms with Crippen molar-refractivity contribution in [3.8, 4) is 5.69 Å². The van der Waals surface area contributed by atoms with Crippen LogP contribution in [-0.2, 0) is 6.54 Å². The van der Waals surface area contributed by atoms with Gasteiger partial charge in [-0.15, -0.1) is 12.4 Å².